The lowest BCUT2D eigenvalue weighted by Gasteiger charge is -2.05. The summed E-state index contributed by atoms with van der Waals surface area (Å²) < 4.78 is 4.85. The highest BCUT2D eigenvalue weighted by Crippen LogP contribution is 2.22. The molecule has 8 nitrogen and oxygen atoms in total. The molecular weight excluding hydrogens is 288 g/mol. The Bertz CT molecular complexity index is 823. The first-order valence-corrected chi connectivity index (χ1v) is 6.29. The van der Waals surface area contributed by atoms with E-state index in [4.69, 9.17) is 4.42 Å². The molecule has 2 aromatic heterocycles. The molecule has 2 N–H and O–H groups in total. The number of nitrogens with one attached hydrogen (secondary N) is 2. The zero-order chi connectivity index (χ0) is 15.5. The van der Waals surface area contributed by atoms with E-state index in [0.29, 0.717) is 5.69 Å². The van der Waals surface area contributed by atoms with Crippen molar-refractivity contribution < 1.29 is 14.1 Å². The van der Waals surface area contributed by atoms with Gasteiger partial charge in [-0.3, -0.25) is 20.0 Å². The zero-order valence-corrected chi connectivity index (χ0v) is 11.1. The number of nitro groups is 1. The molecule has 0 aliphatic heterocycles. The monoisotopic (exact) mass is 298 g/mol. The molecule has 3 aromatic rings. The number of hydrogen-bond donors (Lipinski definition) is 2. The van der Waals surface area contributed by atoms with Gasteiger partial charge in [0.25, 0.3) is 5.91 Å². The van der Waals surface area contributed by atoms with Crippen LogP contribution in [0.15, 0.2) is 53.1 Å². The van der Waals surface area contributed by atoms with Crippen LogP contribution in [0.5, 0.6) is 0 Å². The molecule has 8 heteroatoms. The Morgan fingerprint density at radius 2 is 2.14 bits per heavy atom. The highest BCUT2D eigenvalue weighted by molar-refractivity contribution is 6.02. The SMILES string of the molecule is O=C(Nc1cccc(-c2ccn[nH]2)c1)c1ccc([N+](=O)[O-])o1. The van der Waals surface area contributed by atoms with Crippen LogP contribution >= 0.6 is 0 Å². The fraction of sp³-hybridized carbons (Fsp3) is 0. The summed E-state index contributed by atoms with van der Waals surface area (Å²) in [5.74, 6) is -1.16. The second kappa shape index (κ2) is 5.52. The molecule has 0 atom stereocenters. The normalized spacial score (nSPS) is 10.4. The zero-order valence-electron chi connectivity index (χ0n) is 11.1. The molecular formula is C14H10N4O4. The number of carbonyl (C=O) groups is 1. The molecule has 110 valence electrons. The Labute approximate surface area is 123 Å². The third-order valence-electron chi connectivity index (χ3n) is 2.93. The summed E-state index contributed by atoms with van der Waals surface area (Å²) in [5, 5.41) is 19.9. The van der Waals surface area contributed by atoms with E-state index in [1.807, 2.05) is 6.07 Å². The van der Waals surface area contributed by atoms with Crippen LogP contribution < -0.4 is 5.32 Å². The van der Waals surface area contributed by atoms with Gasteiger partial charge >= 0.3 is 5.88 Å². The lowest BCUT2D eigenvalue weighted by atomic mass is 10.1. The minimum absolute atomic E-state index is 0.126. The van der Waals surface area contributed by atoms with Gasteiger partial charge < -0.3 is 9.73 Å². The van der Waals surface area contributed by atoms with Crippen molar-refractivity contribution in [3.8, 4) is 11.3 Å². The van der Waals surface area contributed by atoms with Crippen LogP contribution in [0, 0.1) is 10.1 Å². The van der Waals surface area contributed by atoms with E-state index in [1.165, 1.54) is 6.07 Å². The maximum Gasteiger partial charge on any atom is 0.433 e. The number of hydrogen-bond acceptors (Lipinski definition) is 5. The Balaban J connectivity index is 1.79. The fourth-order valence-electron chi connectivity index (χ4n) is 1.92. The van der Waals surface area contributed by atoms with Crippen molar-refractivity contribution >= 4 is 17.5 Å². The Hall–Kier alpha value is -3.42. The Kier molecular flexibility index (Phi) is 3.40. The minimum Gasteiger partial charge on any atom is -0.395 e. The van der Waals surface area contributed by atoms with E-state index < -0.39 is 16.7 Å². The highest BCUT2D eigenvalue weighted by atomic mass is 16.6. The standard InChI is InChI=1S/C14H10N4O4/c19-14(12-4-5-13(22-12)18(20)21)16-10-3-1-2-9(8-10)11-6-7-15-17-11/h1-8H,(H,15,17)(H,16,19). The number of aromatic amines is 1. The first kappa shape index (κ1) is 13.6. The molecule has 0 aliphatic carbocycles. The maximum atomic E-state index is 12.0. The molecule has 0 spiro atoms. The summed E-state index contributed by atoms with van der Waals surface area (Å²) in [5.41, 5.74) is 2.20. The Morgan fingerprint density at radius 3 is 2.82 bits per heavy atom. The van der Waals surface area contributed by atoms with Crippen LogP contribution in [0.2, 0.25) is 0 Å². The minimum atomic E-state index is -0.699. The number of furan rings is 1. The lowest BCUT2D eigenvalue weighted by molar-refractivity contribution is -0.402. The number of nitrogens with zero attached hydrogens (tertiary/aromatic N) is 2. The van der Waals surface area contributed by atoms with Crippen molar-refractivity contribution in [2.24, 2.45) is 0 Å². The third kappa shape index (κ3) is 2.70. The quantitative estimate of drug-likeness (QED) is 0.567. The number of rotatable bonds is 4. The van der Waals surface area contributed by atoms with Crippen molar-refractivity contribution in [3.05, 3.63) is 64.5 Å². The summed E-state index contributed by atoms with van der Waals surface area (Å²) in [6, 6.07) is 11.3. The summed E-state index contributed by atoms with van der Waals surface area (Å²) in [6.07, 6.45) is 1.63. The second-order valence-electron chi connectivity index (χ2n) is 4.40. The molecule has 0 saturated heterocycles. The molecule has 22 heavy (non-hydrogen) atoms. The highest BCUT2D eigenvalue weighted by Gasteiger charge is 2.17. The molecule has 0 bridgehead atoms. The number of H-pyrrole nitrogens is 1. The van der Waals surface area contributed by atoms with Gasteiger partial charge in [-0.05, 0) is 24.3 Å². The van der Waals surface area contributed by atoms with Crippen molar-refractivity contribution in [2.45, 2.75) is 0 Å². The van der Waals surface area contributed by atoms with Crippen LogP contribution in [0.1, 0.15) is 10.6 Å². The summed E-state index contributed by atoms with van der Waals surface area (Å²) in [4.78, 5) is 21.8. The van der Waals surface area contributed by atoms with Crippen molar-refractivity contribution in [1.82, 2.24) is 10.2 Å². The number of amides is 1. The summed E-state index contributed by atoms with van der Waals surface area (Å²) in [6.45, 7) is 0. The predicted octanol–water partition coefficient (Wildman–Crippen LogP) is 2.83. The Morgan fingerprint density at radius 1 is 1.27 bits per heavy atom. The van der Waals surface area contributed by atoms with Crippen LogP contribution in [-0.2, 0) is 0 Å². The number of aromatic nitrogens is 2. The van der Waals surface area contributed by atoms with Gasteiger partial charge in [-0.1, -0.05) is 12.1 Å². The number of carbonyl (C=O) groups excluding carboxylic acids is 1. The molecule has 0 aliphatic rings. The summed E-state index contributed by atoms with van der Waals surface area (Å²) in [7, 11) is 0. The van der Waals surface area contributed by atoms with E-state index in [-0.39, 0.29) is 5.76 Å². The average Bonchev–Trinajstić information content (AvgIpc) is 3.19. The molecule has 2 heterocycles. The van der Waals surface area contributed by atoms with Gasteiger partial charge in [0.2, 0.25) is 0 Å². The molecule has 0 fully saturated rings. The lowest BCUT2D eigenvalue weighted by Crippen LogP contribution is -2.10. The first-order valence-electron chi connectivity index (χ1n) is 6.29. The van der Waals surface area contributed by atoms with E-state index in [9.17, 15) is 14.9 Å². The van der Waals surface area contributed by atoms with Crippen LogP contribution in [0.25, 0.3) is 11.3 Å². The van der Waals surface area contributed by atoms with Crippen molar-refractivity contribution in [2.75, 3.05) is 5.32 Å². The first-order chi connectivity index (χ1) is 10.6. The van der Waals surface area contributed by atoms with Gasteiger partial charge in [-0.15, -0.1) is 0 Å². The number of benzene rings is 1. The molecule has 3 rings (SSSR count). The maximum absolute atomic E-state index is 12.0. The van der Waals surface area contributed by atoms with Crippen molar-refractivity contribution in [3.63, 3.8) is 0 Å². The average molecular weight is 298 g/mol. The molecule has 0 unspecified atom stereocenters. The van der Waals surface area contributed by atoms with E-state index in [0.717, 1.165) is 17.3 Å². The van der Waals surface area contributed by atoms with Crippen LogP contribution in [0.3, 0.4) is 0 Å². The smallest absolute Gasteiger partial charge is 0.395 e. The van der Waals surface area contributed by atoms with Crippen LogP contribution in [0.4, 0.5) is 11.6 Å². The molecule has 1 amide bonds. The van der Waals surface area contributed by atoms with Gasteiger partial charge in [-0.25, -0.2) is 0 Å². The molecule has 1 aromatic carbocycles. The van der Waals surface area contributed by atoms with E-state index in [2.05, 4.69) is 15.5 Å². The van der Waals surface area contributed by atoms with E-state index >= 15 is 0 Å². The van der Waals surface area contributed by atoms with Gasteiger partial charge in [0.05, 0.1) is 11.8 Å². The van der Waals surface area contributed by atoms with Gasteiger partial charge in [-0.2, -0.15) is 5.10 Å². The second-order valence-corrected chi connectivity index (χ2v) is 4.40. The summed E-state index contributed by atoms with van der Waals surface area (Å²) >= 11 is 0. The van der Waals surface area contributed by atoms with Crippen LogP contribution in [-0.4, -0.2) is 21.0 Å². The fourth-order valence-corrected chi connectivity index (χ4v) is 1.92. The third-order valence-corrected chi connectivity index (χ3v) is 2.93. The molecule has 0 saturated carbocycles. The van der Waals surface area contributed by atoms with Gasteiger partial charge in [0.15, 0.2) is 5.76 Å². The largest absolute Gasteiger partial charge is 0.433 e. The van der Waals surface area contributed by atoms with Gasteiger partial charge in [0, 0.05) is 17.4 Å². The predicted molar refractivity (Wildman–Crippen MR) is 77.3 cm³/mol. The van der Waals surface area contributed by atoms with E-state index in [1.54, 1.807) is 30.5 Å². The topological polar surface area (TPSA) is 114 Å². The number of anilines is 1. The van der Waals surface area contributed by atoms with Gasteiger partial charge in [0.1, 0.15) is 4.92 Å². The molecule has 0 radical (unpaired) electrons. The van der Waals surface area contributed by atoms with Crippen molar-refractivity contribution in [1.29, 1.82) is 0 Å².